The molecule has 0 unspecified atom stereocenters. The molecule has 134 valence electrons. The van der Waals surface area contributed by atoms with E-state index in [1.165, 1.54) is 10.9 Å². The van der Waals surface area contributed by atoms with Crippen LogP contribution in [0.3, 0.4) is 0 Å². The molecule has 0 amide bonds. The molecule has 1 aliphatic rings. The molecule has 7 heteroatoms. The Bertz CT molecular complexity index is 979. The Morgan fingerprint density at radius 3 is 2.58 bits per heavy atom. The van der Waals surface area contributed by atoms with Crippen molar-refractivity contribution in [1.29, 1.82) is 0 Å². The lowest BCUT2D eigenvalue weighted by atomic mass is 10.1. The van der Waals surface area contributed by atoms with Crippen molar-refractivity contribution in [3.63, 3.8) is 0 Å². The summed E-state index contributed by atoms with van der Waals surface area (Å²) in [5.41, 5.74) is 8.45. The van der Waals surface area contributed by atoms with E-state index in [4.69, 9.17) is 4.74 Å². The predicted molar refractivity (Wildman–Crippen MR) is 105 cm³/mol. The molecule has 3 aromatic rings. The van der Waals surface area contributed by atoms with E-state index in [1.807, 2.05) is 30.3 Å². The lowest BCUT2D eigenvalue weighted by Crippen LogP contribution is -3.00. The largest absolute Gasteiger partial charge is 1.00 e. The first kappa shape index (κ1) is 18.4. The highest BCUT2D eigenvalue weighted by Crippen LogP contribution is 2.26. The second kappa shape index (κ2) is 7.85. The minimum Gasteiger partial charge on any atom is -1.00 e. The van der Waals surface area contributed by atoms with Crippen molar-refractivity contribution in [3.05, 3.63) is 59.8 Å². The van der Waals surface area contributed by atoms with E-state index in [0.29, 0.717) is 0 Å². The van der Waals surface area contributed by atoms with Crippen LogP contribution < -0.4 is 22.6 Å². The number of para-hydroxylation sites is 1. The highest BCUT2D eigenvalue weighted by molar-refractivity contribution is 8.14. The number of nitrogens with one attached hydrogen (secondary N) is 2. The van der Waals surface area contributed by atoms with Gasteiger partial charge in [-0.1, -0.05) is 30.0 Å². The number of aryl methyl sites for hydroxylation is 1. The van der Waals surface area contributed by atoms with E-state index in [0.717, 1.165) is 39.3 Å². The third-order valence-corrected chi connectivity index (χ3v) is 4.99. The number of thioether (sulfide) groups is 1. The highest BCUT2D eigenvalue weighted by Gasteiger charge is 2.18. The fourth-order valence-corrected chi connectivity index (χ4v) is 3.69. The van der Waals surface area contributed by atoms with Gasteiger partial charge in [0.1, 0.15) is 5.75 Å². The molecule has 0 spiro atoms. The molecule has 1 aliphatic heterocycles. The Labute approximate surface area is 162 Å². The van der Waals surface area contributed by atoms with Gasteiger partial charge in [0.15, 0.2) is 5.17 Å². The summed E-state index contributed by atoms with van der Waals surface area (Å²) in [5.74, 6) is 1.60. The smallest absolute Gasteiger partial charge is 0.182 e. The summed E-state index contributed by atoms with van der Waals surface area (Å²) in [5, 5.41) is 6.57. The fourth-order valence-electron chi connectivity index (χ4n) is 2.92. The van der Waals surface area contributed by atoms with E-state index >= 15 is 0 Å². The second-order valence-electron chi connectivity index (χ2n) is 5.74. The summed E-state index contributed by atoms with van der Waals surface area (Å²) in [6.45, 7) is 2.09. The molecule has 4 rings (SSSR count). The van der Waals surface area contributed by atoms with Crippen molar-refractivity contribution in [3.8, 4) is 5.75 Å². The lowest BCUT2D eigenvalue weighted by molar-refractivity contribution is -0.00000543. The van der Waals surface area contributed by atoms with Gasteiger partial charge in [0, 0.05) is 27.9 Å². The summed E-state index contributed by atoms with van der Waals surface area (Å²) in [4.78, 5) is 8.02. The average molecular weight is 386 g/mol. The molecule has 26 heavy (non-hydrogen) atoms. The number of aromatic nitrogens is 1. The van der Waals surface area contributed by atoms with Crippen LogP contribution in [0, 0.1) is 6.92 Å². The standard InChI is InChI=1S/C19H18N4OS.ClH/c1-12-18(15-5-3-4-6-16(15)20-12)17-11-25-19(23-22-17)21-13-7-9-14(24-2)10-8-13;/h3-10,20H,11H2,1-2H3,(H,21,23);1H/p-1. The number of nitrogens with zero attached hydrogens (tertiary/aromatic N) is 2. The van der Waals surface area contributed by atoms with Gasteiger partial charge in [0.05, 0.1) is 18.5 Å². The molecule has 0 radical (unpaired) electrons. The Morgan fingerprint density at radius 1 is 1.12 bits per heavy atom. The van der Waals surface area contributed by atoms with Crippen LogP contribution in [0.15, 0.2) is 58.6 Å². The van der Waals surface area contributed by atoms with Gasteiger partial charge in [-0.25, -0.2) is 4.99 Å². The Balaban J connectivity index is 0.00000196. The number of halogens is 1. The van der Waals surface area contributed by atoms with E-state index in [9.17, 15) is 0 Å². The molecule has 2 heterocycles. The van der Waals surface area contributed by atoms with Crippen LogP contribution in [0.5, 0.6) is 5.75 Å². The van der Waals surface area contributed by atoms with Crippen molar-refractivity contribution in [2.75, 3.05) is 12.9 Å². The number of aromatic amines is 1. The average Bonchev–Trinajstić information content (AvgIpc) is 2.99. The third kappa shape index (κ3) is 3.57. The molecule has 0 atom stereocenters. The maximum absolute atomic E-state index is 5.17. The van der Waals surface area contributed by atoms with Crippen molar-refractivity contribution in [2.24, 2.45) is 10.1 Å². The molecule has 1 aromatic heterocycles. The fraction of sp³-hybridized carbons (Fsp3) is 0.158. The Morgan fingerprint density at radius 2 is 1.88 bits per heavy atom. The SMILES string of the molecule is COc1ccc(N=C2NN=C(c3c(C)[nH]c4ccccc34)CS2)cc1.[Cl-]. The molecule has 0 fully saturated rings. The highest BCUT2D eigenvalue weighted by atomic mass is 35.5. The zero-order valence-corrected chi connectivity index (χ0v) is 16.0. The lowest BCUT2D eigenvalue weighted by Gasteiger charge is -2.15. The maximum Gasteiger partial charge on any atom is 0.182 e. The number of H-pyrrole nitrogens is 1. The van der Waals surface area contributed by atoms with Crippen molar-refractivity contribution < 1.29 is 17.1 Å². The summed E-state index contributed by atoms with van der Waals surface area (Å²) >= 11 is 1.65. The van der Waals surface area contributed by atoms with Gasteiger partial charge in [0.2, 0.25) is 0 Å². The summed E-state index contributed by atoms with van der Waals surface area (Å²) in [7, 11) is 1.66. The minimum absolute atomic E-state index is 0. The first-order chi connectivity index (χ1) is 12.2. The number of hydrogen-bond donors (Lipinski definition) is 2. The molecule has 2 N–H and O–H groups in total. The first-order valence-electron chi connectivity index (χ1n) is 8.00. The van der Waals surface area contributed by atoms with Gasteiger partial charge in [-0.2, -0.15) is 5.10 Å². The topological polar surface area (TPSA) is 61.8 Å². The van der Waals surface area contributed by atoms with E-state index in [1.54, 1.807) is 18.9 Å². The van der Waals surface area contributed by atoms with Crippen molar-refractivity contribution >= 4 is 39.2 Å². The number of benzene rings is 2. The normalized spacial score (nSPS) is 15.3. The van der Waals surface area contributed by atoms with Gasteiger partial charge < -0.3 is 22.1 Å². The van der Waals surface area contributed by atoms with E-state index in [-0.39, 0.29) is 12.4 Å². The summed E-state index contributed by atoms with van der Waals surface area (Å²) in [6.07, 6.45) is 0. The minimum atomic E-state index is 0. The molecule has 2 aromatic carbocycles. The van der Waals surface area contributed by atoms with Gasteiger partial charge in [-0.15, -0.1) is 0 Å². The van der Waals surface area contributed by atoms with Crippen LogP contribution in [-0.2, 0) is 0 Å². The number of amidine groups is 1. The zero-order valence-electron chi connectivity index (χ0n) is 14.4. The molecular formula is C19H18ClN4OS-. The number of hydrogen-bond acceptors (Lipinski definition) is 4. The van der Waals surface area contributed by atoms with Crippen LogP contribution in [0.4, 0.5) is 5.69 Å². The van der Waals surface area contributed by atoms with Crippen LogP contribution in [0.1, 0.15) is 11.3 Å². The van der Waals surface area contributed by atoms with Crippen LogP contribution in [0.2, 0.25) is 0 Å². The van der Waals surface area contributed by atoms with Crippen LogP contribution in [0.25, 0.3) is 10.9 Å². The zero-order chi connectivity index (χ0) is 17.2. The number of aliphatic imine (C=N–C) groups is 1. The number of rotatable bonds is 3. The van der Waals surface area contributed by atoms with Crippen molar-refractivity contribution in [1.82, 2.24) is 10.4 Å². The molecule has 0 bridgehead atoms. The monoisotopic (exact) mass is 385 g/mol. The quantitative estimate of drug-likeness (QED) is 0.712. The van der Waals surface area contributed by atoms with Gasteiger partial charge >= 0.3 is 0 Å². The van der Waals surface area contributed by atoms with E-state index in [2.05, 4.69) is 45.6 Å². The Hall–Kier alpha value is -2.44. The maximum atomic E-state index is 5.17. The van der Waals surface area contributed by atoms with Crippen LogP contribution in [-0.4, -0.2) is 28.7 Å². The second-order valence-corrected chi connectivity index (χ2v) is 6.71. The number of ether oxygens (including phenoxy) is 1. The first-order valence-corrected chi connectivity index (χ1v) is 8.99. The number of methoxy groups -OCH3 is 1. The summed E-state index contributed by atoms with van der Waals surface area (Å²) in [6, 6.07) is 16.0. The molecule has 0 saturated carbocycles. The molecule has 0 aliphatic carbocycles. The number of fused-ring (bicyclic) bond motifs is 1. The molecular weight excluding hydrogens is 368 g/mol. The van der Waals surface area contributed by atoms with Crippen LogP contribution >= 0.6 is 11.8 Å². The Kier molecular flexibility index (Phi) is 5.54. The third-order valence-electron chi connectivity index (χ3n) is 4.12. The number of hydrazone groups is 1. The van der Waals surface area contributed by atoms with Gasteiger partial charge in [-0.05, 0) is 37.3 Å². The van der Waals surface area contributed by atoms with Gasteiger partial charge in [-0.3, -0.25) is 5.43 Å². The van der Waals surface area contributed by atoms with Gasteiger partial charge in [0.25, 0.3) is 0 Å². The summed E-state index contributed by atoms with van der Waals surface area (Å²) < 4.78 is 5.17. The van der Waals surface area contributed by atoms with E-state index < -0.39 is 0 Å². The molecule has 5 nitrogen and oxygen atoms in total. The van der Waals surface area contributed by atoms with Crippen molar-refractivity contribution in [2.45, 2.75) is 6.92 Å². The predicted octanol–water partition coefficient (Wildman–Crippen LogP) is 1.22. The molecule has 0 saturated heterocycles.